The number of carbonyl (C=O) groups excluding carboxylic acids is 4. The van der Waals surface area contributed by atoms with Crippen molar-refractivity contribution in [3.8, 4) is 0 Å². The molecule has 2 atom stereocenters. The summed E-state index contributed by atoms with van der Waals surface area (Å²) in [5.74, 6) is -1.21. The van der Waals surface area contributed by atoms with E-state index in [-0.39, 0.29) is 44.5 Å². The molecule has 0 unspecified atom stereocenters. The smallest absolute Gasteiger partial charge is 0.416 e. The summed E-state index contributed by atoms with van der Waals surface area (Å²) in [6.07, 6.45) is 7.31. The van der Waals surface area contributed by atoms with E-state index in [4.69, 9.17) is 9.47 Å². The molecule has 4 amide bonds. The zero-order valence-corrected chi connectivity index (χ0v) is 16.8. The van der Waals surface area contributed by atoms with E-state index in [1.54, 1.807) is 6.08 Å². The molecule has 8 heteroatoms. The molecule has 3 aliphatic rings. The molecule has 3 rings (SSSR count). The largest absolute Gasteiger partial charge is 0.447 e. The third kappa shape index (κ3) is 5.16. The Bertz CT molecular complexity index is 658. The first kappa shape index (κ1) is 21.3. The van der Waals surface area contributed by atoms with Gasteiger partial charge in [-0.3, -0.25) is 9.59 Å². The second kappa shape index (κ2) is 9.89. The van der Waals surface area contributed by atoms with E-state index in [9.17, 15) is 19.2 Å². The summed E-state index contributed by atoms with van der Waals surface area (Å²) in [7, 11) is 0. The maximum absolute atomic E-state index is 13.2. The number of hydrogen-bond acceptors (Lipinski definition) is 6. The number of amides is 4. The van der Waals surface area contributed by atoms with Crippen molar-refractivity contribution >= 4 is 24.0 Å². The Morgan fingerprint density at radius 1 is 0.966 bits per heavy atom. The van der Waals surface area contributed by atoms with Gasteiger partial charge in [0.1, 0.15) is 13.2 Å². The number of carbonyl (C=O) groups is 4. The molecule has 0 aromatic heterocycles. The minimum Gasteiger partial charge on any atom is -0.447 e. The van der Waals surface area contributed by atoms with Gasteiger partial charge in [-0.05, 0) is 25.2 Å². The fourth-order valence-electron chi connectivity index (χ4n) is 4.59. The molecule has 2 aliphatic heterocycles. The van der Waals surface area contributed by atoms with Crippen molar-refractivity contribution in [2.75, 3.05) is 26.3 Å². The highest BCUT2D eigenvalue weighted by molar-refractivity contribution is 5.96. The van der Waals surface area contributed by atoms with Crippen LogP contribution in [0.2, 0.25) is 0 Å². The first-order valence-electron chi connectivity index (χ1n) is 10.6. The first-order valence-corrected chi connectivity index (χ1v) is 10.6. The van der Waals surface area contributed by atoms with E-state index in [0.717, 1.165) is 35.5 Å². The third-order valence-corrected chi connectivity index (χ3v) is 6.11. The van der Waals surface area contributed by atoms with Crippen LogP contribution in [0.4, 0.5) is 9.59 Å². The molecule has 3 fully saturated rings. The minimum absolute atomic E-state index is 0.190. The van der Waals surface area contributed by atoms with Crippen LogP contribution in [0.3, 0.4) is 0 Å². The quantitative estimate of drug-likeness (QED) is 0.575. The predicted molar refractivity (Wildman–Crippen MR) is 104 cm³/mol. The molecule has 1 saturated carbocycles. The second-order valence-corrected chi connectivity index (χ2v) is 8.10. The van der Waals surface area contributed by atoms with Gasteiger partial charge in [-0.15, -0.1) is 6.58 Å². The van der Waals surface area contributed by atoms with Crippen LogP contribution in [0, 0.1) is 17.8 Å². The summed E-state index contributed by atoms with van der Waals surface area (Å²) < 4.78 is 9.82. The Kier molecular flexibility index (Phi) is 7.28. The van der Waals surface area contributed by atoms with Gasteiger partial charge in [-0.1, -0.05) is 38.2 Å². The predicted octanol–water partition coefficient (Wildman–Crippen LogP) is 3.11. The summed E-state index contributed by atoms with van der Waals surface area (Å²) in [6.45, 7) is 4.60. The highest BCUT2D eigenvalue weighted by atomic mass is 16.6. The van der Waals surface area contributed by atoms with Crippen molar-refractivity contribution in [1.82, 2.24) is 9.80 Å². The zero-order chi connectivity index (χ0) is 20.8. The van der Waals surface area contributed by atoms with E-state index < -0.39 is 24.0 Å². The topological polar surface area (TPSA) is 93.2 Å². The Morgan fingerprint density at radius 2 is 1.52 bits per heavy atom. The van der Waals surface area contributed by atoms with E-state index in [0.29, 0.717) is 18.8 Å². The Morgan fingerprint density at radius 3 is 2.00 bits per heavy atom. The van der Waals surface area contributed by atoms with E-state index in [2.05, 4.69) is 6.58 Å². The van der Waals surface area contributed by atoms with E-state index in [1.807, 2.05) is 0 Å². The fourth-order valence-corrected chi connectivity index (χ4v) is 4.59. The number of cyclic esters (lactones) is 2. The van der Waals surface area contributed by atoms with Crippen molar-refractivity contribution in [3.63, 3.8) is 0 Å². The van der Waals surface area contributed by atoms with Gasteiger partial charge in [0.25, 0.3) is 0 Å². The van der Waals surface area contributed by atoms with Gasteiger partial charge in [0.15, 0.2) is 0 Å². The SMILES string of the molecule is C=CC[C@@H](C[C@@H](CC1CCCCC1)C(=O)N1CCOC1=O)C(=O)N1CCOC1=O. The lowest BCUT2D eigenvalue weighted by molar-refractivity contribution is -0.136. The molecule has 1 aliphatic carbocycles. The van der Waals surface area contributed by atoms with Crippen LogP contribution in [-0.2, 0) is 19.1 Å². The lowest BCUT2D eigenvalue weighted by atomic mass is 9.78. The van der Waals surface area contributed by atoms with Gasteiger partial charge in [-0.2, -0.15) is 0 Å². The van der Waals surface area contributed by atoms with Crippen LogP contribution < -0.4 is 0 Å². The lowest BCUT2D eigenvalue weighted by Gasteiger charge is -2.30. The van der Waals surface area contributed by atoms with E-state index in [1.165, 1.54) is 6.42 Å². The van der Waals surface area contributed by atoms with Crippen molar-refractivity contribution in [3.05, 3.63) is 12.7 Å². The molecule has 0 aromatic carbocycles. The maximum atomic E-state index is 13.2. The molecule has 0 bridgehead atoms. The summed E-state index contributed by atoms with van der Waals surface area (Å²) in [6, 6.07) is 0. The number of rotatable bonds is 8. The lowest BCUT2D eigenvalue weighted by Crippen LogP contribution is -2.41. The second-order valence-electron chi connectivity index (χ2n) is 8.10. The van der Waals surface area contributed by atoms with Gasteiger partial charge in [0.2, 0.25) is 11.8 Å². The maximum Gasteiger partial charge on any atom is 0.416 e. The molecule has 0 N–H and O–H groups in total. The van der Waals surface area contributed by atoms with Crippen LogP contribution in [0.25, 0.3) is 0 Å². The number of imide groups is 2. The van der Waals surface area contributed by atoms with Crippen LogP contribution >= 0.6 is 0 Å². The molecular weight excluding hydrogens is 376 g/mol. The molecular formula is C21H30N2O6. The molecule has 160 valence electrons. The summed E-state index contributed by atoms with van der Waals surface area (Å²) >= 11 is 0. The normalized spacial score (nSPS) is 22.2. The molecule has 8 nitrogen and oxygen atoms in total. The molecule has 0 aromatic rings. The van der Waals surface area contributed by atoms with Gasteiger partial charge in [0, 0.05) is 11.8 Å². The van der Waals surface area contributed by atoms with Gasteiger partial charge >= 0.3 is 12.2 Å². The summed E-state index contributed by atoms with van der Waals surface area (Å²) in [4.78, 5) is 52.1. The van der Waals surface area contributed by atoms with Gasteiger partial charge < -0.3 is 9.47 Å². The van der Waals surface area contributed by atoms with Crippen molar-refractivity contribution in [2.24, 2.45) is 17.8 Å². The van der Waals surface area contributed by atoms with Crippen molar-refractivity contribution < 1.29 is 28.7 Å². The highest BCUT2D eigenvalue weighted by Crippen LogP contribution is 2.34. The van der Waals surface area contributed by atoms with Gasteiger partial charge in [0.05, 0.1) is 13.1 Å². The standard InChI is InChI=1S/C21H30N2O6/c1-2-6-16(18(24)22-9-11-28-20(22)26)14-17(13-15-7-4-3-5-8-15)19(25)23-10-12-29-21(23)27/h2,15-17H,1,3-14H2/t16-,17+/m0/s1. The van der Waals surface area contributed by atoms with Crippen LogP contribution in [0.15, 0.2) is 12.7 Å². The summed E-state index contributed by atoms with van der Waals surface area (Å²) in [5, 5.41) is 0. The number of allylic oxidation sites excluding steroid dienone is 1. The Labute approximate surface area is 171 Å². The highest BCUT2D eigenvalue weighted by Gasteiger charge is 2.39. The molecule has 0 radical (unpaired) electrons. The third-order valence-electron chi connectivity index (χ3n) is 6.11. The Hall–Kier alpha value is -2.38. The minimum atomic E-state index is -0.637. The number of hydrogen-bond donors (Lipinski definition) is 0. The van der Waals surface area contributed by atoms with Crippen LogP contribution in [0.1, 0.15) is 51.4 Å². The molecule has 2 heterocycles. The fraction of sp³-hybridized carbons (Fsp3) is 0.714. The molecule has 29 heavy (non-hydrogen) atoms. The summed E-state index contributed by atoms with van der Waals surface area (Å²) in [5.41, 5.74) is 0. The van der Waals surface area contributed by atoms with E-state index >= 15 is 0 Å². The first-order chi connectivity index (χ1) is 14.0. The average molecular weight is 406 g/mol. The van der Waals surface area contributed by atoms with Crippen LogP contribution in [-0.4, -0.2) is 60.1 Å². The molecule has 2 saturated heterocycles. The van der Waals surface area contributed by atoms with Gasteiger partial charge in [-0.25, -0.2) is 19.4 Å². The number of ether oxygens (including phenoxy) is 2. The molecule has 0 spiro atoms. The average Bonchev–Trinajstić information content (AvgIpc) is 3.34. The van der Waals surface area contributed by atoms with Crippen LogP contribution in [0.5, 0.6) is 0 Å². The monoisotopic (exact) mass is 406 g/mol. The van der Waals surface area contributed by atoms with Crippen molar-refractivity contribution in [2.45, 2.75) is 51.4 Å². The zero-order valence-electron chi connectivity index (χ0n) is 16.8. The Balaban J connectivity index is 1.75. The van der Waals surface area contributed by atoms with Crippen molar-refractivity contribution in [1.29, 1.82) is 0 Å². The number of nitrogens with zero attached hydrogens (tertiary/aromatic N) is 2.